The van der Waals surface area contributed by atoms with E-state index in [0.29, 0.717) is 35.9 Å². The van der Waals surface area contributed by atoms with Crippen LogP contribution in [0.4, 0.5) is 8.78 Å². The highest BCUT2D eigenvalue weighted by molar-refractivity contribution is 5.94. The average Bonchev–Trinajstić information content (AvgIpc) is 3.19. The summed E-state index contributed by atoms with van der Waals surface area (Å²) >= 11 is 0. The SMILES string of the molecule is O=C(c1ccc(F)nc1)N1CCCC(c2nc(-c3ccc(F)cc3)no2)C1. The van der Waals surface area contributed by atoms with Crippen LogP contribution in [0.3, 0.4) is 0 Å². The van der Waals surface area contributed by atoms with Crippen molar-refractivity contribution in [3.63, 3.8) is 0 Å². The minimum atomic E-state index is -0.623. The smallest absolute Gasteiger partial charge is 0.255 e. The third-order valence-electron chi connectivity index (χ3n) is 4.58. The molecule has 1 saturated heterocycles. The van der Waals surface area contributed by atoms with Crippen LogP contribution in [0.2, 0.25) is 0 Å². The molecule has 2 aromatic heterocycles. The number of piperidine rings is 1. The van der Waals surface area contributed by atoms with Gasteiger partial charge in [-0.1, -0.05) is 5.16 Å². The Hall–Kier alpha value is -3.16. The number of nitrogens with zero attached hydrogens (tertiary/aromatic N) is 4. The second-order valence-corrected chi connectivity index (χ2v) is 6.42. The lowest BCUT2D eigenvalue weighted by Crippen LogP contribution is -2.39. The van der Waals surface area contributed by atoms with Crippen LogP contribution in [0.1, 0.15) is 35.0 Å². The minimum Gasteiger partial charge on any atom is -0.339 e. The van der Waals surface area contributed by atoms with Gasteiger partial charge in [0.2, 0.25) is 17.7 Å². The van der Waals surface area contributed by atoms with E-state index in [2.05, 4.69) is 15.1 Å². The van der Waals surface area contributed by atoms with Crippen LogP contribution in [-0.2, 0) is 0 Å². The molecule has 1 fully saturated rings. The van der Waals surface area contributed by atoms with E-state index in [4.69, 9.17) is 4.52 Å². The summed E-state index contributed by atoms with van der Waals surface area (Å²) in [5, 5.41) is 3.97. The van der Waals surface area contributed by atoms with Crippen LogP contribution in [0.25, 0.3) is 11.4 Å². The molecule has 27 heavy (non-hydrogen) atoms. The molecule has 3 heterocycles. The number of hydrogen-bond acceptors (Lipinski definition) is 5. The van der Waals surface area contributed by atoms with Crippen molar-refractivity contribution >= 4 is 5.91 Å². The molecular weight excluding hydrogens is 354 g/mol. The van der Waals surface area contributed by atoms with E-state index in [0.717, 1.165) is 12.8 Å². The second kappa shape index (κ2) is 7.22. The Morgan fingerprint density at radius 1 is 1.15 bits per heavy atom. The van der Waals surface area contributed by atoms with Gasteiger partial charge in [-0.15, -0.1) is 0 Å². The van der Waals surface area contributed by atoms with Crippen LogP contribution in [0.5, 0.6) is 0 Å². The summed E-state index contributed by atoms with van der Waals surface area (Å²) < 4.78 is 31.4. The molecule has 1 aromatic carbocycles. The van der Waals surface area contributed by atoms with Gasteiger partial charge in [-0.25, -0.2) is 9.37 Å². The quantitative estimate of drug-likeness (QED) is 0.661. The number of benzene rings is 1. The Kier molecular flexibility index (Phi) is 4.62. The summed E-state index contributed by atoms with van der Waals surface area (Å²) in [4.78, 5) is 22.2. The summed E-state index contributed by atoms with van der Waals surface area (Å²) in [6.45, 7) is 1.03. The molecule has 1 aliphatic heterocycles. The van der Waals surface area contributed by atoms with E-state index in [-0.39, 0.29) is 17.6 Å². The number of halogens is 2. The first kappa shape index (κ1) is 17.3. The molecule has 0 spiro atoms. The number of carbonyl (C=O) groups is 1. The van der Waals surface area contributed by atoms with E-state index in [1.165, 1.54) is 30.5 Å². The molecule has 0 N–H and O–H groups in total. The fourth-order valence-corrected chi connectivity index (χ4v) is 3.17. The third kappa shape index (κ3) is 3.69. The summed E-state index contributed by atoms with van der Waals surface area (Å²) in [7, 11) is 0. The van der Waals surface area contributed by atoms with Gasteiger partial charge in [0.1, 0.15) is 5.82 Å². The molecule has 1 aliphatic rings. The van der Waals surface area contributed by atoms with Crippen molar-refractivity contribution in [2.24, 2.45) is 0 Å². The van der Waals surface area contributed by atoms with Gasteiger partial charge in [-0.2, -0.15) is 9.37 Å². The molecule has 1 amide bonds. The van der Waals surface area contributed by atoms with Crippen molar-refractivity contribution in [2.45, 2.75) is 18.8 Å². The zero-order valence-electron chi connectivity index (χ0n) is 14.3. The van der Waals surface area contributed by atoms with E-state index >= 15 is 0 Å². The Bertz CT molecular complexity index is 941. The Morgan fingerprint density at radius 2 is 1.96 bits per heavy atom. The average molecular weight is 370 g/mol. The van der Waals surface area contributed by atoms with Crippen LogP contribution < -0.4 is 0 Å². The molecule has 3 aromatic rings. The molecule has 8 heteroatoms. The molecule has 1 atom stereocenters. The standard InChI is InChI=1S/C19H16F2N4O2/c20-15-6-3-12(4-7-15)17-23-18(27-24-17)14-2-1-9-25(11-14)19(26)13-5-8-16(21)22-10-13/h3-8,10,14H,1-2,9,11H2. The van der Waals surface area contributed by atoms with Crippen LogP contribution in [-0.4, -0.2) is 39.0 Å². The highest BCUT2D eigenvalue weighted by Crippen LogP contribution is 2.28. The normalized spacial score (nSPS) is 17.1. The maximum Gasteiger partial charge on any atom is 0.255 e. The lowest BCUT2D eigenvalue weighted by atomic mass is 9.97. The van der Waals surface area contributed by atoms with Crippen molar-refractivity contribution in [3.8, 4) is 11.4 Å². The molecule has 1 unspecified atom stereocenters. The van der Waals surface area contributed by atoms with Gasteiger partial charge >= 0.3 is 0 Å². The van der Waals surface area contributed by atoms with Crippen molar-refractivity contribution < 1.29 is 18.1 Å². The van der Waals surface area contributed by atoms with Crippen LogP contribution >= 0.6 is 0 Å². The number of aromatic nitrogens is 3. The first-order chi connectivity index (χ1) is 13.1. The van der Waals surface area contributed by atoms with Crippen LogP contribution in [0, 0.1) is 11.8 Å². The Morgan fingerprint density at radius 3 is 2.70 bits per heavy atom. The topological polar surface area (TPSA) is 72.1 Å². The van der Waals surface area contributed by atoms with Gasteiger partial charge in [0.25, 0.3) is 5.91 Å². The predicted molar refractivity (Wildman–Crippen MR) is 91.8 cm³/mol. The van der Waals surface area contributed by atoms with Crippen molar-refractivity contribution in [1.29, 1.82) is 0 Å². The lowest BCUT2D eigenvalue weighted by molar-refractivity contribution is 0.0695. The predicted octanol–water partition coefficient (Wildman–Crippen LogP) is 3.43. The Labute approximate surface area is 153 Å². The van der Waals surface area contributed by atoms with Crippen molar-refractivity contribution in [1.82, 2.24) is 20.0 Å². The first-order valence-electron chi connectivity index (χ1n) is 8.60. The lowest BCUT2D eigenvalue weighted by Gasteiger charge is -2.31. The zero-order chi connectivity index (χ0) is 18.8. The number of pyridine rings is 1. The maximum absolute atomic E-state index is 13.1. The molecule has 0 radical (unpaired) electrons. The number of likely N-dealkylation sites (tertiary alicyclic amines) is 1. The van der Waals surface area contributed by atoms with Gasteiger partial charge < -0.3 is 9.42 Å². The first-order valence-corrected chi connectivity index (χ1v) is 8.60. The van der Waals surface area contributed by atoms with E-state index in [9.17, 15) is 13.6 Å². The van der Waals surface area contributed by atoms with E-state index in [1.54, 1.807) is 17.0 Å². The molecular formula is C19H16F2N4O2. The summed E-state index contributed by atoms with van der Waals surface area (Å²) in [5.74, 6) is -0.412. The molecule has 6 nitrogen and oxygen atoms in total. The zero-order valence-corrected chi connectivity index (χ0v) is 14.3. The summed E-state index contributed by atoms with van der Waals surface area (Å²) in [5.41, 5.74) is 1.00. The molecule has 0 aliphatic carbocycles. The third-order valence-corrected chi connectivity index (χ3v) is 4.58. The largest absolute Gasteiger partial charge is 0.339 e. The second-order valence-electron chi connectivity index (χ2n) is 6.42. The van der Waals surface area contributed by atoms with E-state index < -0.39 is 5.95 Å². The monoisotopic (exact) mass is 370 g/mol. The Balaban J connectivity index is 1.49. The van der Waals surface area contributed by atoms with Crippen LogP contribution in [0.15, 0.2) is 47.1 Å². The van der Waals surface area contributed by atoms with Gasteiger partial charge in [0.05, 0.1) is 11.5 Å². The fraction of sp³-hybridized carbons (Fsp3) is 0.263. The summed E-state index contributed by atoms with van der Waals surface area (Å²) in [6, 6.07) is 8.44. The molecule has 138 valence electrons. The van der Waals surface area contributed by atoms with E-state index in [1.807, 2.05) is 0 Å². The number of amides is 1. The molecule has 0 bridgehead atoms. The van der Waals surface area contributed by atoms with Gasteiger partial charge in [0.15, 0.2) is 0 Å². The number of hydrogen-bond donors (Lipinski definition) is 0. The number of carbonyl (C=O) groups excluding carboxylic acids is 1. The minimum absolute atomic E-state index is 0.0854. The fourth-order valence-electron chi connectivity index (χ4n) is 3.17. The summed E-state index contributed by atoms with van der Waals surface area (Å²) in [6.07, 6.45) is 2.84. The van der Waals surface area contributed by atoms with Crippen molar-refractivity contribution in [3.05, 3.63) is 65.8 Å². The van der Waals surface area contributed by atoms with Gasteiger partial charge in [-0.05, 0) is 49.2 Å². The van der Waals surface area contributed by atoms with Gasteiger partial charge in [-0.3, -0.25) is 4.79 Å². The molecule has 4 rings (SSSR count). The molecule has 0 saturated carbocycles. The number of rotatable bonds is 3. The highest BCUT2D eigenvalue weighted by Gasteiger charge is 2.29. The highest BCUT2D eigenvalue weighted by atomic mass is 19.1. The maximum atomic E-state index is 13.1. The van der Waals surface area contributed by atoms with Crippen molar-refractivity contribution in [2.75, 3.05) is 13.1 Å². The van der Waals surface area contributed by atoms with Gasteiger partial charge in [0, 0.05) is 24.8 Å².